The van der Waals surface area contributed by atoms with E-state index in [1.807, 2.05) is 31.2 Å². The molecule has 1 aromatic rings. The highest BCUT2D eigenvalue weighted by atomic mass is 35.5. The van der Waals surface area contributed by atoms with Gasteiger partial charge in [0.05, 0.1) is 5.41 Å². The van der Waals surface area contributed by atoms with Crippen LogP contribution < -0.4 is 5.32 Å². The summed E-state index contributed by atoms with van der Waals surface area (Å²) in [5.41, 5.74) is 0.339. The smallest absolute Gasteiger partial charge is 0.229 e. The molecule has 0 saturated heterocycles. The lowest BCUT2D eigenvalue weighted by Gasteiger charge is -2.18. The summed E-state index contributed by atoms with van der Waals surface area (Å²) in [6, 6.07) is 7.60. The van der Waals surface area contributed by atoms with Gasteiger partial charge in [-0.1, -0.05) is 29.8 Å². The Balaban J connectivity index is 1.94. The zero-order valence-electron chi connectivity index (χ0n) is 10.8. The van der Waals surface area contributed by atoms with Gasteiger partial charge in [-0.15, -0.1) is 23.2 Å². The first-order valence-electron chi connectivity index (χ1n) is 6.18. The van der Waals surface area contributed by atoms with Crippen LogP contribution in [0.5, 0.6) is 0 Å². The molecule has 0 bridgehead atoms. The number of alkyl halides is 2. The van der Waals surface area contributed by atoms with Crippen LogP contribution in [0, 0.1) is 5.41 Å². The van der Waals surface area contributed by atoms with Crippen LogP contribution in [0.25, 0.3) is 0 Å². The maximum absolute atomic E-state index is 12.1. The quantitative estimate of drug-likeness (QED) is 0.836. The molecule has 1 saturated carbocycles. The fraction of sp³-hybridized carbons (Fsp3) is 0.500. The van der Waals surface area contributed by atoms with Crippen molar-refractivity contribution in [3.05, 3.63) is 34.9 Å². The van der Waals surface area contributed by atoms with Crippen molar-refractivity contribution in [1.29, 1.82) is 0 Å². The fourth-order valence-electron chi connectivity index (χ4n) is 2.07. The Hall–Kier alpha value is -0.440. The van der Waals surface area contributed by atoms with Crippen molar-refractivity contribution in [2.75, 3.05) is 0 Å². The third kappa shape index (κ3) is 3.01. The molecule has 0 unspecified atom stereocenters. The highest BCUT2D eigenvalue weighted by Crippen LogP contribution is 2.63. The molecular formula is C14H16Cl3NO. The van der Waals surface area contributed by atoms with Crippen LogP contribution in [0.3, 0.4) is 0 Å². The monoisotopic (exact) mass is 319 g/mol. The van der Waals surface area contributed by atoms with Crippen LogP contribution >= 0.6 is 34.8 Å². The van der Waals surface area contributed by atoms with Gasteiger partial charge in [0.15, 0.2) is 0 Å². The van der Waals surface area contributed by atoms with E-state index in [1.165, 1.54) is 0 Å². The van der Waals surface area contributed by atoms with E-state index in [-0.39, 0.29) is 11.9 Å². The average molecular weight is 321 g/mol. The first-order chi connectivity index (χ1) is 8.76. The van der Waals surface area contributed by atoms with Crippen LogP contribution in [0.1, 0.15) is 25.8 Å². The van der Waals surface area contributed by atoms with Crippen molar-refractivity contribution < 1.29 is 4.79 Å². The van der Waals surface area contributed by atoms with Gasteiger partial charge in [0.25, 0.3) is 0 Å². The number of hydrogen-bond acceptors (Lipinski definition) is 1. The molecule has 1 aliphatic carbocycles. The lowest BCUT2D eigenvalue weighted by atomic mass is 10.0. The van der Waals surface area contributed by atoms with Gasteiger partial charge in [0.2, 0.25) is 5.91 Å². The van der Waals surface area contributed by atoms with Crippen LogP contribution in [0.2, 0.25) is 5.02 Å². The number of hydrogen-bond donors (Lipinski definition) is 1. The summed E-state index contributed by atoms with van der Waals surface area (Å²) in [5.74, 6) is -0.1000. The molecule has 0 aliphatic heterocycles. The molecule has 1 N–H and O–H groups in total. The number of halogens is 3. The summed E-state index contributed by atoms with van der Waals surface area (Å²) in [6.07, 6.45) is 1.17. The number of rotatable bonds is 4. The van der Waals surface area contributed by atoms with Gasteiger partial charge >= 0.3 is 0 Å². The first kappa shape index (κ1) is 15.0. The molecule has 2 nitrogen and oxygen atoms in total. The second-order valence-electron chi connectivity index (χ2n) is 5.38. The Labute approximate surface area is 128 Å². The van der Waals surface area contributed by atoms with Gasteiger partial charge in [-0.25, -0.2) is 0 Å². The molecule has 0 aromatic heterocycles. The molecule has 19 heavy (non-hydrogen) atoms. The Morgan fingerprint density at radius 3 is 2.53 bits per heavy atom. The highest BCUT2D eigenvalue weighted by molar-refractivity contribution is 6.53. The number of benzene rings is 1. The number of amides is 1. The summed E-state index contributed by atoms with van der Waals surface area (Å²) < 4.78 is -0.929. The van der Waals surface area contributed by atoms with Gasteiger partial charge < -0.3 is 5.32 Å². The van der Waals surface area contributed by atoms with Gasteiger partial charge in [-0.05, 0) is 38.3 Å². The van der Waals surface area contributed by atoms with E-state index < -0.39 is 9.75 Å². The van der Waals surface area contributed by atoms with Gasteiger partial charge in [0, 0.05) is 11.1 Å². The predicted molar refractivity (Wildman–Crippen MR) is 79.9 cm³/mol. The molecule has 1 amide bonds. The Bertz CT molecular complexity index is 503. The minimum Gasteiger partial charge on any atom is -0.353 e. The van der Waals surface area contributed by atoms with Crippen LogP contribution in [-0.4, -0.2) is 16.3 Å². The molecule has 5 heteroatoms. The summed E-state index contributed by atoms with van der Waals surface area (Å²) in [6.45, 7) is 3.72. The van der Waals surface area contributed by atoms with Crippen molar-refractivity contribution in [2.45, 2.75) is 37.1 Å². The fourth-order valence-corrected chi connectivity index (χ4v) is 2.99. The predicted octanol–water partition coefficient (Wildman–Crippen LogP) is 3.97. The normalized spacial score (nSPS) is 25.7. The Morgan fingerprint density at radius 1 is 1.42 bits per heavy atom. The van der Waals surface area contributed by atoms with E-state index in [0.29, 0.717) is 17.9 Å². The summed E-state index contributed by atoms with van der Waals surface area (Å²) in [7, 11) is 0. The molecule has 1 fully saturated rings. The number of nitrogens with one attached hydrogen (secondary N) is 1. The minimum atomic E-state index is -0.929. The Kier molecular flexibility index (Phi) is 4.06. The van der Waals surface area contributed by atoms with Crippen LogP contribution in [0.15, 0.2) is 24.3 Å². The molecular weight excluding hydrogens is 305 g/mol. The molecule has 2 atom stereocenters. The lowest BCUT2D eigenvalue weighted by molar-refractivity contribution is -0.126. The van der Waals surface area contributed by atoms with E-state index in [2.05, 4.69) is 5.32 Å². The standard InChI is InChI=1S/C14H16Cl3NO/c1-9(7-10-5-3-4-6-11(10)15)18-12(19)13(2)8-14(13,16)17/h3-6,9H,7-8H2,1-2H3,(H,18,19)/t9-,13+/m0/s1. The van der Waals surface area contributed by atoms with Gasteiger partial charge in [-0.2, -0.15) is 0 Å². The van der Waals surface area contributed by atoms with Gasteiger partial charge in [0.1, 0.15) is 4.33 Å². The maximum Gasteiger partial charge on any atom is 0.229 e. The molecule has 104 valence electrons. The van der Waals surface area contributed by atoms with Crippen molar-refractivity contribution in [1.82, 2.24) is 5.32 Å². The third-order valence-corrected chi connectivity index (χ3v) is 5.09. The average Bonchev–Trinajstić information content (AvgIpc) is 2.83. The third-order valence-electron chi connectivity index (χ3n) is 3.62. The summed E-state index contributed by atoms with van der Waals surface area (Å²) >= 11 is 18.1. The van der Waals surface area contributed by atoms with Crippen molar-refractivity contribution in [3.63, 3.8) is 0 Å². The molecule has 1 aromatic carbocycles. The second kappa shape index (κ2) is 5.16. The second-order valence-corrected chi connectivity index (χ2v) is 7.27. The number of carbonyl (C=O) groups excluding carboxylic acids is 1. The SMILES string of the molecule is C[C@@H](Cc1ccccc1Cl)NC(=O)[C@@]1(C)CC1(Cl)Cl. The molecule has 0 radical (unpaired) electrons. The van der Waals surface area contributed by atoms with E-state index >= 15 is 0 Å². The van der Waals surface area contributed by atoms with Gasteiger partial charge in [-0.3, -0.25) is 4.79 Å². The molecule has 0 spiro atoms. The van der Waals surface area contributed by atoms with Crippen LogP contribution in [0.4, 0.5) is 0 Å². The van der Waals surface area contributed by atoms with Crippen LogP contribution in [-0.2, 0) is 11.2 Å². The summed E-state index contributed by atoms with van der Waals surface area (Å²) in [4.78, 5) is 12.1. The first-order valence-corrected chi connectivity index (χ1v) is 7.32. The minimum absolute atomic E-state index is 0.0195. The highest BCUT2D eigenvalue weighted by Gasteiger charge is 2.67. The van der Waals surface area contributed by atoms with Crippen molar-refractivity contribution >= 4 is 40.7 Å². The maximum atomic E-state index is 12.1. The van der Waals surface area contributed by atoms with Crippen molar-refractivity contribution in [2.24, 2.45) is 5.41 Å². The Morgan fingerprint density at radius 2 is 2.00 bits per heavy atom. The lowest BCUT2D eigenvalue weighted by Crippen LogP contribution is -2.40. The zero-order chi connectivity index (χ0) is 14.3. The zero-order valence-corrected chi connectivity index (χ0v) is 13.1. The summed E-state index contributed by atoms with van der Waals surface area (Å²) in [5, 5.41) is 3.66. The van der Waals surface area contributed by atoms with E-state index in [4.69, 9.17) is 34.8 Å². The van der Waals surface area contributed by atoms with Crippen molar-refractivity contribution in [3.8, 4) is 0 Å². The molecule has 2 rings (SSSR count). The molecule has 1 aliphatic rings. The van der Waals surface area contributed by atoms with E-state index in [1.54, 1.807) is 6.92 Å². The van der Waals surface area contributed by atoms with E-state index in [9.17, 15) is 4.79 Å². The number of carbonyl (C=O) groups is 1. The topological polar surface area (TPSA) is 29.1 Å². The largest absolute Gasteiger partial charge is 0.353 e. The van der Waals surface area contributed by atoms with E-state index in [0.717, 1.165) is 5.56 Å². The molecule has 0 heterocycles.